The summed E-state index contributed by atoms with van der Waals surface area (Å²) in [5.41, 5.74) is 0.780. The average molecular weight is 267 g/mol. The standard InChI is InChI=1S/C12H8ClFN2O2/c1-18-12-3-8(10(14)5-16-12)9-4-15-11(13)2-7(9)6-17/h2-6H,1H3. The van der Waals surface area contributed by atoms with E-state index in [4.69, 9.17) is 16.3 Å². The number of hydrogen-bond acceptors (Lipinski definition) is 4. The van der Waals surface area contributed by atoms with Gasteiger partial charge in [-0.05, 0) is 6.07 Å². The van der Waals surface area contributed by atoms with Gasteiger partial charge in [0.25, 0.3) is 0 Å². The topological polar surface area (TPSA) is 52.1 Å². The summed E-state index contributed by atoms with van der Waals surface area (Å²) < 4.78 is 18.6. The predicted octanol–water partition coefficient (Wildman–Crippen LogP) is 2.76. The summed E-state index contributed by atoms with van der Waals surface area (Å²) in [4.78, 5) is 18.5. The summed E-state index contributed by atoms with van der Waals surface area (Å²) in [6.07, 6.45) is 2.95. The molecule has 6 heteroatoms. The van der Waals surface area contributed by atoms with E-state index in [0.29, 0.717) is 11.8 Å². The van der Waals surface area contributed by atoms with Gasteiger partial charge in [0.05, 0.1) is 13.3 Å². The van der Waals surface area contributed by atoms with Gasteiger partial charge in [-0.25, -0.2) is 14.4 Å². The summed E-state index contributed by atoms with van der Waals surface area (Å²) in [6.45, 7) is 0. The van der Waals surface area contributed by atoms with Gasteiger partial charge in [0.2, 0.25) is 5.88 Å². The highest BCUT2D eigenvalue weighted by molar-refractivity contribution is 6.29. The Balaban J connectivity index is 2.64. The SMILES string of the molecule is COc1cc(-c2cnc(Cl)cc2C=O)c(F)cn1. The molecule has 0 unspecified atom stereocenters. The van der Waals surface area contributed by atoms with Crippen molar-refractivity contribution in [3.63, 3.8) is 0 Å². The first kappa shape index (κ1) is 12.4. The van der Waals surface area contributed by atoms with Crippen LogP contribution >= 0.6 is 11.6 Å². The van der Waals surface area contributed by atoms with Crippen LogP contribution in [0.1, 0.15) is 10.4 Å². The Labute approximate surface area is 107 Å². The molecule has 0 atom stereocenters. The Hall–Kier alpha value is -2.01. The van der Waals surface area contributed by atoms with Gasteiger partial charge in [-0.15, -0.1) is 0 Å². The molecular weight excluding hydrogens is 259 g/mol. The number of carbonyl (C=O) groups excluding carboxylic acids is 1. The lowest BCUT2D eigenvalue weighted by Crippen LogP contribution is -1.95. The van der Waals surface area contributed by atoms with Crippen LogP contribution in [-0.4, -0.2) is 23.4 Å². The average Bonchev–Trinajstić information content (AvgIpc) is 2.39. The molecule has 0 saturated heterocycles. The highest BCUT2D eigenvalue weighted by Gasteiger charge is 2.12. The van der Waals surface area contributed by atoms with Crippen LogP contribution in [0, 0.1) is 5.82 Å². The number of nitrogens with zero attached hydrogens (tertiary/aromatic N) is 2. The van der Waals surface area contributed by atoms with E-state index in [1.54, 1.807) is 0 Å². The number of carbonyl (C=O) groups is 1. The quantitative estimate of drug-likeness (QED) is 0.633. The number of methoxy groups -OCH3 is 1. The minimum Gasteiger partial charge on any atom is -0.481 e. The van der Waals surface area contributed by atoms with Crippen LogP contribution < -0.4 is 4.74 Å². The van der Waals surface area contributed by atoms with Gasteiger partial charge >= 0.3 is 0 Å². The van der Waals surface area contributed by atoms with Crippen molar-refractivity contribution >= 4 is 17.9 Å². The van der Waals surface area contributed by atoms with E-state index in [-0.39, 0.29) is 22.2 Å². The predicted molar refractivity (Wildman–Crippen MR) is 64.4 cm³/mol. The summed E-state index contributed by atoms with van der Waals surface area (Å²) in [6, 6.07) is 2.77. The largest absolute Gasteiger partial charge is 0.481 e. The molecule has 0 aliphatic heterocycles. The van der Waals surface area contributed by atoms with Crippen LogP contribution in [0.4, 0.5) is 4.39 Å². The van der Waals surface area contributed by atoms with Crippen LogP contribution in [0.15, 0.2) is 24.5 Å². The molecule has 2 aromatic heterocycles. The molecule has 2 aromatic rings. The molecule has 0 N–H and O–H groups in total. The van der Waals surface area contributed by atoms with Gasteiger partial charge in [-0.1, -0.05) is 11.6 Å². The zero-order valence-electron chi connectivity index (χ0n) is 9.35. The van der Waals surface area contributed by atoms with Crippen LogP contribution in [0.5, 0.6) is 5.88 Å². The normalized spacial score (nSPS) is 10.2. The van der Waals surface area contributed by atoms with Crippen LogP contribution in [0.25, 0.3) is 11.1 Å². The maximum absolute atomic E-state index is 13.7. The van der Waals surface area contributed by atoms with Crippen molar-refractivity contribution in [2.45, 2.75) is 0 Å². The third-order valence-electron chi connectivity index (χ3n) is 2.36. The summed E-state index contributed by atoms with van der Waals surface area (Å²) >= 11 is 5.68. The summed E-state index contributed by atoms with van der Waals surface area (Å²) in [5, 5.41) is 0.169. The Morgan fingerprint density at radius 2 is 2.06 bits per heavy atom. The molecule has 92 valence electrons. The van der Waals surface area contributed by atoms with Gasteiger partial charge in [0, 0.05) is 29.0 Å². The van der Waals surface area contributed by atoms with E-state index >= 15 is 0 Å². The van der Waals surface area contributed by atoms with Crippen molar-refractivity contribution in [2.24, 2.45) is 0 Å². The number of aldehydes is 1. The lowest BCUT2D eigenvalue weighted by Gasteiger charge is -2.07. The fourth-order valence-corrected chi connectivity index (χ4v) is 1.67. The molecule has 0 saturated carbocycles. The molecule has 0 radical (unpaired) electrons. The van der Waals surface area contributed by atoms with E-state index in [2.05, 4.69) is 9.97 Å². The molecule has 0 amide bonds. The molecule has 0 spiro atoms. The second kappa shape index (κ2) is 5.10. The third kappa shape index (κ3) is 2.31. The first-order valence-electron chi connectivity index (χ1n) is 4.96. The minimum absolute atomic E-state index is 0.169. The van der Waals surface area contributed by atoms with Gasteiger partial charge in [0.15, 0.2) is 6.29 Å². The van der Waals surface area contributed by atoms with Crippen LogP contribution in [0.2, 0.25) is 5.15 Å². The Morgan fingerprint density at radius 3 is 2.72 bits per heavy atom. The monoisotopic (exact) mass is 266 g/mol. The Bertz CT molecular complexity index is 605. The van der Waals surface area contributed by atoms with E-state index in [1.807, 2.05) is 0 Å². The molecule has 0 fully saturated rings. The molecule has 0 aliphatic rings. The van der Waals surface area contributed by atoms with Crippen molar-refractivity contribution in [2.75, 3.05) is 7.11 Å². The number of halogens is 2. The summed E-state index contributed by atoms with van der Waals surface area (Å²) in [7, 11) is 1.42. The molecule has 4 nitrogen and oxygen atoms in total. The zero-order valence-corrected chi connectivity index (χ0v) is 10.1. The molecule has 0 aliphatic carbocycles. The Kier molecular flexibility index (Phi) is 3.53. The number of hydrogen-bond donors (Lipinski definition) is 0. The van der Waals surface area contributed by atoms with Gasteiger partial charge in [0.1, 0.15) is 11.0 Å². The number of pyridine rings is 2. The van der Waals surface area contributed by atoms with E-state index in [1.165, 1.54) is 25.4 Å². The fourth-order valence-electron chi connectivity index (χ4n) is 1.50. The maximum Gasteiger partial charge on any atom is 0.213 e. The smallest absolute Gasteiger partial charge is 0.213 e. The maximum atomic E-state index is 13.7. The first-order chi connectivity index (χ1) is 8.65. The highest BCUT2D eigenvalue weighted by Crippen LogP contribution is 2.28. The van der Waals surface area contributed by atoms with Crippen LogP contribution in [-0.2, 0) is 0 Å². The van der Waals surface area contributed by atoms with Crippen molar-refractivity contribution in [3.8, 4) is 17.0 Å². The number of aromatic nitrogens is 2. The van der Waals surface area contributed by atoms with E-state index in [0.717, 1.165) is 6.20 Å². The van der Waals surface area contributed by atoms with E-state index in [9.17, 15) is 9.18 Å². The molecule has 18 heavy (non-hydrogen) atoms. The highest BCUT2D eigenvalue weighted by atomic mass is 35.5. The zero-order chi connectivity index (χ0) is 13.1. The van der Waals surface area contributed by atoms with Crippen molar-refractivity contribution in [1.82, 2.24) is 9.97 Å². The Morgan fingerprint density at radius 1 is 1.28 bits per heavy atom. The molecule has 0 aromatic carbocycles. The number of rotatable bonds is 3. The molecular formula is C12H8ClFN2O2. The van der Waals surface area contributed by atoms with Crippen molar-refractivity contribution in [3.05, 3.63) is 41.1 Å². The van der Waals surface area contributed by atoms with Crippen molar-refractivity contribution < 1.29 is 13.9 Å². The van der Waals surface area contributed by atoms with Crippen molar-refractivity contribution in [1.29, 1.82) is 0 Å². The lowest BCUT2D eigenvalue weighted by atomic mass is 10.0. The lowest BCUT2D eigenvalue weighted by molar-refractivity contribution is 0.112. The van der Waals surface area contributed by atoms with Gasteiger partial charge in [-0.2, -0.15) is 0 Å². The third-order valence-corrected chi connectivity index (χ3v) is 2.57. The van der Waals surface area contributed by atoms with Crippen LogP contribution in [0.3, 0.4) is 0 Å². The van der Waals surface area contributed by atoms with Gasteiger partial charge < -0.3 is 4.74 Å². The summed E-state index contributed by atoms with van der Waals surface area (Å²) in [5.74, 6) is -0.318. The second-order valence-corrected chi connectivity index (χ2v) is 3.81. The van der Waals surface area contributed by atoms with E-state index < -0.39 is 5.82 Å². The minimum atomic E-state index is -0.567. The second-order valence-electron chi connectivity index (χ2n) is 3.42. The number of ether oxygens (including phenoxy) is 1. The molecule has 2 rings (SSSR count). The first-order valence-corrected chi connectivity index (χ1v) is 5.34. The molecule has 2 heterocycles. The molecule has 0 bridgehead atoms. The van der Waals surface area contributed by atoms with Gasteiger partial charge in [-0.3, -0.25) is 4.79 Å². The fraction of sp³-hybridized carbons (Fsp3) is 0.0833.